The van der Waals surface area contributed by atoms with Crippen molar-refractivity contribution in [2.24, 2.45) is 0 Å². The molecule has 0 unspecified atom stereocenters. The summed E-state index contributed by atoms with van der Waals surface area (Å²) in [5.41, 5.74) is 0.851. The van der Waals surface area contributed by atoms with Gasteiger partial charge in [-0.2, -0.15) is 0 Å². The highest BCUT2D eigenvalue weighted by Crippen LogP contribution is 2.15. The summed E-state index contributed by atoms with van der Waals surface area (Å²) in [5, 5.41) is 15.1. The van der Waals surface area contributed by atoms with Crippen molar-refractivity contribution in [2.75, 3.05) is 0 Å². The average Bonchev–Trinajstić information content (AvgIpc) is 3.01. The molecule has 5 nitrogen and oxygen atoms in total. The first-order chi connectivity index (χ1) is 11.2. The van der Waals surface area contributed by atoms with Gasteiger partial charge >= 0.3 is 5.97 Å². The maximum Gasteiger partial charge on any atom is 0.320 e. The lowest BCUT2D eigenvalue weighted by Crippen LogP contribution is -2.36. The highest BCUT2D eigenvalue weighted by atomic mass is 32.1. The minimum absolute atomic E-state index is 0.423. The monoisotopic (exact) mass is 334 g/mol. The molecular formula is C17H22N2O3S. The molecule has 2 aromatic rings. The van der Waals surface area contributed by atoms with Crippen molar-refractivity contribution in [2.45, 2.75) is 45.4 Å². The van der Waals surface area contributed by atoms with Crippen LogP contribution in [0, 0.1) is 0 Å². The zero-order valence-corrected chi connectivity index (χ0v) is 14.0. The zero-order valence-electron chi connectivity index (χ0n) is 13.2. The van der Waals surface area contributed by atoms with E-state index in [1.165, 1.54) is 11.3 Å². The topological polar surface area (TPSA) is 71.5 Å². The number of unbranched alkanes of at least 4 members (excludes halogenated alkanes) is 1. The molecule has 124 valence electrons. The summed E-state index contributed by atoms with van der Waals surface area (Å²) in [6.07, 6.45) is 2.53. The molecule has 1 aromatic carbocycles. The number of hydrogen-bond acceptors (Lipinski definition) is 5. The van der Waals surface area contributed by atoms with Crippen LogP contribution in [0.15, 0.2) is 35.7 Å². The van der Waals surface area contributed by atoms with Gasteiger partial charge in [-0.1, -0.05) is 38.0 Å². The first-order valence-electron chi connectivity index (χ1n) is 7.76. The Morgan fingerprint density at radius 2 is 2.17 bits per heavy atom. The third-order valence-electron chi connectivity index (χ3n) is 3.38. The van der Waals surface area contributed by atoms with Gasteiger partial charge in [0.05, 0.1) is 5.69 Å². The first kappa shape index (κ1) is 17.4. The lowest BCUT2D eigenvalue weighted by Gasteiger charge is -2.12. The van der Waals surface area contributed by atoms with E-state index in [1.54, 1.807) is 0 Å². The zero-order chi connectivity index (χ0) is 16.5. The van der Waals surface area contributed by atoms with Gasteiger partial charge in [-0.15, -0.1) is 11.3 Å². The molecule has 1 aromatic heterocycles. The smallest absolute Gasteiger partial charge is 0.320 e. The van der Waals surface area contributed by atoms with Crippen LogP contribution in [0.2, 0.25) is 0 Å². The Kier molecular flexibility index (Phi) is 7.03. The molecule has 0 aliphatic heterocycles. The second-order valence-electron chi connectivity index (χ2n) is 5.25. The van der Waals surface area contributed by atoms with E-state index >= 15 is 0 Å². The predicted molar refractivity (Wildman–Crippen MR) is 90.7 cm³/mol. The standard InChI is InChI=1S/C17H22N2O3S/c1-2-3-9-15(17(20)21)18-10-13-12-23-16(19-13)11-22-14-7-5-4-6-8-14/h4-8,12,15,18H,2-3,9-11H2,1H3,(H,20,21)/t15-/m0/s1. The molecule has 0 radical (unpaired) electrons. The molecule has 6 heteroatoms. The van der Waals surface area contributed by atoms with Crippen LogP contribution in [0.4, 0.5) is 0 Å². The Bertz CT molecular complexity index is 601. The summed E-state index contributed by atoms with van der Waals surface area (Å²) in [6.45, 7) is 2.94. The molecular weight excluding hydrogens is 312 g/mol. The number of aromatic nitrogens is 1. The lowest BCUT2D eigenvalue weighted by molar-refractivity contribution is -0.139. The van der Waals surface area contributed by atoms with Gasteiger partial charge in [0.25, 0.3) is 0 Å². The number of para-hydroxylation sites is 1. The number of nitrogens with one attached hydrogen (secondary N) is 1. The van der Waals surface area contributed by atoms with E-state index in [9.17, 15) is 9.90 Å². The fourth-order valence-electron chi connectivity index (χ4n) is 2.11. The maximum absolute atomic E-state index is 11.2. The number of rotatable bonds is 10. The van der Waals surface area contributed by atoms with Crippen LogP contribution in [0.1, 0.15) is 36.9 Å². The summed E-state index contributed by atoms with van der Waals surface area (Å²) >= 11 is 1.52. The molecule has 0 saturated heterocycles. The van der Waals surface area contributed by atoms with Crippen LogP contribution in [-0.4, -0.2) is 22.1 Å². The number of aliphatic carboxylic acids is 1. The molecule has 0 fully saturated rings. The number of ether oxygens (including phenoxy) is 1. The van der Waals surface area contributed by atoms with Gasteiger partial charge in [-0.3, -0.25) is 10.1 Å². The van der Waals surface area contributed by atoms with Crippen molar-refractivity contribution < 1.29 is 14.6 Å². The minimum Gasteiger partial charge on any atom is -0.486 e. The quantitative estimate of drug-likeness (QED) is 0.696. The van der Waals surface area contributed by atoms with Crippen molar-refractivity contribution in [3.63, 3.8) is 0 Å². The van der Waals surface area contributed by atoms with E-state index < -0.39 is 12.0 Å². The third-order valence-corrected chi connectivity index (χ3v) is 4.25. The molecule has 0 saturated carbocycles. The Morgan fingerprint density at radius 1 is 1.39 bits per heavy atom. The number of benzene rings is 1. The lowest BCUT2D eigenvalue weighted by atomic mass is 10.1. The summed E-state index contributed by atoms with van der Waals surface area (Å²) in [7, 11) is 0. The number of carboxylic acids is 1. The number of thiazole rings is 1. The SMILES string of the molecule is CCCC[C@H](NCc1csc(COc2ccccc2)n1)C(=O)O. The number of hydrogen-bond donors (Lipinski definition) is 2. The fourth-order valence-corrected chi connectivity index (χ4v) is 2.81. The van der Waals surface area contributed by atoms with Crippen LogP contribution in [0.3, 0.4) is 0 Å². The van der Waals surface area contributed by atoms with E-state index in [0.29, 0.717) is 19.6 Å². The summed E-state index contributed by atoms with van der Waals surface area (Å²) in [5.74, 6) is 0.00851. The molecule has 0 amide bonds. The molecule has 2 N–H and O–H groups in total. The molecule has 2 rings (SSSR count). The van der Waals surface area contributed by atoms with Gasteiger partial charge < -0.3 is 9.84 Å². The van der Waals surface area contributed by atoms with Gasteiger partial charge in [-0.05, 0) is 18.6 Å². The van der Waals surface area contributed by atoms with Gasteiger partial charge in [0, 0.05) is 11.9 Å². The Labute approximate surface area is 140 Å². The highest BCUT2D eigenvalue weighted by Gasteiger charge is 2.16. The summed E-state index contributed by atoms with van der Waals surface area (Å²) in [4.78, 5) is 15.7. The van der Waals surface area contributed by atoms with Crippen LogP contribution >= 0.6 is 11.3 Å². The van der Waals surface area contributed by atoms with Crippen LogP contribution in [0.25, 0.3) is 0 Å². The Hall–Kier alpha value is -1.92. The van der Waals surface area contributed by atoms with Crippen LogP contribution < -0.4 is 10.1 Å². The molecule has 0 bridgehead atoms. The van der Waals surface area contributed by atoms with Crippen molar-refractivity contribution in [3.8, 4) is 5.75 Å². The number of nitrogens with zero attached hydrogens (tertiary/aromatic N) is 1. The maximum atomic E-state index is 11.2. The number of carbonyl (C=O) groups is 1. The van der Waals surface area contributed by atoms with Gasteiger partial charge in [0.15, 0.2) is 0 Å². The van der Waals surface area contributed by atoms with Gasteiger partial charge in [0.1, 0.15) is 23.4 Å². The Balaban J connectivity index is 1.80. The highest BCUT2D eigenvalue weighted by molar-refractivity contribution is 7.09. The van der Waals surface area contributed by atoms with E-state index in [4.69, 9.17) is 4.74 Å². The molecule has 23 heavy (non-hydrogen) atoms. The molecule has 1 atom stereocenters. The van der Waals surface area contributed by atoms with Crippen LogP contribution in [0.5, 0.6) is 5.75 Å². The molecule has 0 aliphatic carbocycles. The van der Waals surface area contributed by atoms with Gasteiger partial charge in [-0.25, -0.2) is 4.98 Å². The summed E-state index contributed by atoms with van der Waals surface area (Å²) in [6, 6.07) is 9.09. The third kappa shape index (κ3) is 6.00. The second kappa shape index (κ2) is 9.27. The van der Waals surface area contributed by atoms with E-state index in [-0.39, 0.29) is 0 Å². The average molecular weight is 334 g/mol. The van der Waals surface area contributed by atoms with Crippen LogP contribution in [-0.2, 0) is 17.9 Å². The second-order valence-corrected chi connectivity index (χ2v) is 6.19. The van der Waals surface area contributed by atoms with Crippen molar-refractivity contribution >= 4 is 17.3 Å². The number of carboxylic acid groups (broad SMARTS) is 1. The van der Waals surface area contributed by atoms with Gasteiger partial charge in [0.2, 0.25) is 0 Å². The summed E-state index contributed by atoms with van der Waals surface area (Å²) < 4.78 is 5.66. The normalized spacial score (nSPS) is 12.0. The largest absolute Gasteiger partial charge is 0.486 e. The van der Waals surface area contributed by atoms with Crippen molar-refractivity contribution in [3.05, 3.63) is 46.4 Å². The van der Waals surface area contributed by atoms with Crippen molar-refractivity contribution in [1.82, 2.24) is 10.3 Å². The fraction of sp³-hybridized carbons (Fsp3) is 0.412. The van der Waals surface area contributed by atoms with E-state index in [0.717, 1.165) is 29.3 Å². The first-order valence-corrected chi connectivity index (χ1v) is 8.64. The van der Waals surface area contributed by atoms with Crippen molar-refractivity contribution in [1.29, 1.82) is 0 Å². The minimum atomic E-state index is -0.804. The molecule has 0 aliphatic rings. The Morgan fingerprint density at radius 3 is 2.87 bits per heavy atom. The molecule has 0 spiro atoms. The molecule has 1 heterocycles. The van der Waals surface area contributed by atoms with E-state index in [1.807, 2.05) is 35.7 Å². The van der Waals surface area contributed by atoms with E-state index in [2.05, 4.69) is 17.2 Å². The predicted octanol–water partition coefficient (Wildman–Crippen LogP) is 3.46.